The van der Waals surface area contributed by atoms with Crippen molar-refractivity contribution in [3.8, 4) is 0 Å². The minimum absolute atomic E-state index is 0.101. The highest BCUT2D eigenvalue weighted by Gasteiger charge is 2.33. The van der Waals surface area contributed by atoms with Gasteiger partial charge in [0.1, 0.15) is 11.8 Å². The molecule has 0 aromatic heterocycles. The van der Waals surface area contributed by atoms with Crippen LogP contribution in [-0.4, -0.2) is 42.3 Å². The zero-order chi connectivity index (χ0) is 21.5. The second kappa shape index (κ2) is 14.7. The number of nitrogens with one attached hydrogen (secondary N) is 2. The van der Waals surface area contributed by atoms with E-state index in [4.69, 9.17) is 0 Å². The Morgan fingerprint density at radius 3 is 2.21 bits per heavy atom. The quantitative estimate of drug-likeness (QED) is 0.777. The smallest absolute Gasteiger partial charge is 0.322 e. The highest BCUT2D eigenvalue weighted by molar-refractivity contribution is 5.94. The van der Waals surface area contributed by atoms with Gasteiger partial charge in [-0.05, 0) is 44.2 Å². The summed E-state index contributed by atoms with van der Waals surface area (Å²) in [5, 5.41) is 5.39. The van der Waals surface area contributed by atoms with Gasteiger partial charge in [-0.1, -0.05) is 45.9 Å². The van der Waals surface area contributed by atoms with Crippen LogP contribution in [0.15, 0.2) is 30.3 Å². The number of anilines is 1. The lowest BCUT2D eigenvalue weighted by Crippen LogP contribution is -2.46. The molecule has 0 aliphatic carbocycles. The molecule has 1 aliphatic heterocycles. The normalized spacial score (nSPS) is 15.0. The summed E-state index contributed by atoms with van der Waals surface area (Å²) in [6.45, 7) is 10.5. The molecule has 1 aromatic carbocycles. The van der Waals surface area contributed by atoms with Crippen LogP contribution in [-0.2, 0) is 9.59 Å². The van der Waals surface area contributed by atoms with Crippen LogP contribution >= 0.6 is 0 Å². The Labute approximate surface area is 170 Å². The number of likely N-dealkylation sites (tertiary alicyclic amines) is 1. The molecule has 6 nitrogen and oxygen atoms in total. The first-order valence-electron chi connectivity index (χ1n) is 10.2. The molecule has 2 N–H and O–H groups in total. The van der Waals surface area contributed by atoms with Gasteiger partial charge in [0.2, 0.25) is 5.91 Å². The first kappa shape index (κ1) is 25.6. The molecule has 0 bridgehead atoms. The molecule has 1 atom stereocenters. The van der Waals surface area contributed by atoms with Gasteiger partial charge in [0.25, 0.3) is 0 Å². The number of para-hydroxylation sites is 1. The van der Waals surface area contributed by atoms with E-state index in [1.54, 1.807) is 18.9 Å². The van der Waals surface area contributed by atoms with Crippen LogP contribution in [0.2, 0.25) is 0 Å². The molecular formula is C22H37N3O3. The van der Waals surface area contributed by atoms with Crippen molar-refractivity contribution in [1.29, 1.82) is 0 Å². The number of carbonyl (C=O) groups is 3. The van der Waals surface area contributed by atoms with Gasteiger partial charge in [0.15, 0.2) is 0 Å². The number of rotatable bonds is 5. The number of carbonyl (C=O) groups excluding carboxylic acids is 3. The molecule has 28 heavy (non-hydrogen) atoms. The molecule has 1 heterocycles. The SMILES string of the molecule is CC.CC(=O)CCC(C)C.CNC(=O)[C@@H]1CCCN1C(=O)Nc1ccccc1. The lowest BCUT2D eigenvalue weighted by molar-refractivity contribution is -0.124. The largest absolute Gasteiger partial charge is 0.357 e. The standard InChI is InChI=1S/C13H17N3O2.C7H14O.C2H6/c1-14-12(17)11-8-5-9-16(11)13(18)15-10-6-3-2-4-7-10;1-6(2)4-5-7(3)8;1-2/h2-4,6-7,11H,5,8-9H2,1H3,(H,14,17)(H,15,18);6H,4-5H2,1-3H3;1-2H3/t11-;;/m0../s1. The van der Waals surface area contributed by atoms with Gasteiger partial charge in [0, 0.05) is 25.7 Å². The molecule has 1 aromatic rings. The number of benzene rings is 1. The molecular weight excluding hydrogens is 354 g/mol. The monoisotopic (exact) mass is 391 g/mol. The van der Waals surface area contributed by atoms with Crippen LogP contribution in [0.25, 0.3) is 0 Å². The maximum absolute atomic E-state index is 12.1. The predicted octanol–water partition coefficient (Wildman–Crippen LogP) is 4.47. The lowest BCUT2D eigenvalue weighted by atomic mass is 10.1. The predicted molar refractivity (Wildman–Crippen MR) is 115 cm³/mol. The van der Waals surface area contributed by atoms with Gasteiger partial charge < -0.3 is 20.3 Å². The van der Waals surface area contributed by atoms with E-state index in [9.17, 15) is 14.4 Å². The Kier molecular flexibility index (Phi) is 13.4. The minimum Gasteiger partial charge on any atom is -0.357 e. The van der Waals surface area contributed by atoms with Gasteiger partial charge in [0.05, 0.1) is 0 Å². The number of hydrogen-bond acceptors (Lipinski definition) is 3. The summed E-state index contributed by atoms with van der Waals surface area (Å²) in [5.41, 5.74) is 0.741. The van der Waals surface area contributed by atoms with Crippen molar-refractivity contribution in [3.63, 3.8) is 0 Å². The first-order chi connectivity index (χ1) is 13.3. The fourth-order valence-corrected chi connectivity index (χ4v) is 2.66. The fourth-order valence-electron chi connectivity index (χ4n) is 2.66. The summed E-state index contributed by atoms with van der Waals surface area (Å²) < 4.78 is 0. The fraction of sp³-hybridized carbons (Fsp3) is 0.591. The van der Waals surface area contributed by atoms with E-state index in [1.165, 1.54) is 0 Å². The highest BCUT2D eigenvalue weighted by Crippen LogP contribution is 2.19. The second-order valence-electron chi connectivity index (χ2n) is 6.90. The molecule has 2 rings (SSSR count). The second-order valence-corrected chi connectivity index (χ2v) is 6.90. The average Bonchev–Trinajstić information content (AvgIpc) is 3.19. The number of nitrogens with zero attached hydrogens (tertiary/aromatic N) is 1. The van der Waals surface area contributed by atoms with Gasteiger partial charge in [-0.2, -0.15) is 0 Å². The molecule has 3 amide bonds. The van der Waals surface area contributed by atoms with Crippen molar-refractivity contribution in [2.24, 2.45) is 5.92 Å². The molecule has 0 spiro atoms. The van der Waals surface area contributed by atoms with Crippen molar-refractivity contribution >= 4 is 23.4 Å². The summed E-state index contributed by atoms with van der Waals surface area (Å²) in [4.78, 5) is 35.7. The van der Waals surface area contributed by atoms with Gasteiger partial charge >= 0.3 is 6.03 Å². The summed E-state index contributed by atoms with van der Waals surface area (Å²) >= 11 is 0. The average molecular weight is 392 g/mol. The van der Waals surface area contributed by atoms with E-state index in [0.717, 1.165) is 31.4 Å². The molecule has 1 saturated heterocycles. The third-order valence-electron chi connectivity index (χ3n) is 4.16. The van der Waals surface area contributed by atoms with Crippen LogP contribution in [0.3, 0.4) is 0 Å². The third kappa shape index (κ3) is 10.1. The zero-order valence-corrected chi connectivity index (χ0v) is 18.2. The van der Waals surface area contributed by atoms with Gasteiger partial charge in [-0.15, -0.1) is 0 Å². The number of ketones is 1. The highest BCUT2D eigenvalue weighted by atomic mass is 16.2. The Morgan fingerprint density at radius 1 is 1.14 bits per heavy atom. The summed E-state index contributed by atoms with van der Waals surface area (Å²) in [6.07, 6.45) is 3.37. The number of amides is 3. The van der Waals surface area contributed by atoms with E-state index < -0.39 is 0 Å². The Hall–Kier alpha value is -2.37. The lowest BCUT2D eigenvalue weighted by Gasteiger charge is -2.23. The van der Waals surface area contributed by atoms with Crippen molar-refractivity contribution in [2.45, 2.75) is 66.3 Å². The Morgan fingerprint density at radius 2 is 1.75 bits per heavy atom. The van der Waals surface area contributed by atoms with E-state index in [0.29, 0.717) is 18.2 Å². The summed E-state index contributed by atoms with van der Waals surface area (Å²) in [6, 6.07) is 8.68. The number of likely N-dealkylation sites (N-methyl/N-ethyl adjacent to an activating group) is 1. The van der Waals surface area contributed by atoms with Crippen molar-refractivity contribution in [3.05, 3.63) is 30.3 Å². The Bertz CT molecular complexity index is 588. The number of hydrogen-bond donors (Lipinski definition) is 2. The van der Waals surface area contributed by atoms with Gasteiger partial charge in [-0.3, -0.25) is 4.79 Å². The van der Waals surface area contributed by atoms with Crippen molar-refractivity contribution in [2.75, 3.05) is 18.9 Å². The van der Waals surface area contributed by atoms with E-state index >= 15 is 0 Å². The summed E-state index contributed by atoms with van der Waals surface area (Å²) in [5.74, 6) is 0.869. The molecule has 0 saturated carbocycles. The van der Waals surface area contributed by atoms with E-state index in [-0.39, 0.29) is 18.0 Å². The molecule has 0 radical (unpaired) electrons. The molecule has 1 fully saturated rings. The van der Waals surface area contributed by atoms with Crippen molar-refractivity contribution < 1.29 is 14.4 Å². The summed E-state index contributed by atoms with van der Waals surface area (Å²) in [7, 11) is 1.59. The topological polar surface area (TPSA) is 78.5 Å². The maximum atomic E-state index is 12.1. The van der Waals surface area contributed by atoms with E-state index in [1.807, 2.05) is 44.2 Å². The minimum atomic E-state index is -0.348. The van der Waals surface area contributed by atoms with Gasteiger partial charge in [-0.25, -0.2) is 4.79 Å². The van der Waals surface area contributed by atoms with Crippen LogP contribution in [0, 0.1) is 5.92 Å². The Balaban J connectivity index is 0.000000618. The molecule has 6 heteroatoms. The third-order valence-corrected chi connectivity index (χ3v) is 4.16. The first-order valence-corrected chi connectivity index (χ1v) is 10.2. The van der Waals surface area contributed by atoms with Crippen molar-refractivity contribution in [1.82, 2.24) is 10.2 Å². The van der Waals surface area contributed by atoms with Crippen LogP contribution in [0.5, 0.6) is 0 Å². The zero-order valence-electron chi connectivity index (χ0n) is 18.2. The molecule has 1 aliphatic rings. The van der Waals surface area contributed by atoms with Crippen LogP contribution < -0.4 is 10.6 Å². The molecule has 0 unspecified atom stereocenters. The maximum Gasteiger partial charge on any atom is 0.322 e. The van der Waals surface area contributed by atoms with E-state index in [2.05, 4.69) is 24.5 Å². The van der Waals surface area contributed by atoms with Crippen LogP contribution in [0.1, 0.15) is 60.3 Å². The van der Waals surface area contributed by atoms with Crippen LogP contribution in [0.4, 0.5) is 10.5 Å². The number of Topliss-reactive ketones (excluding diaryl/α,β-unsaturated/α-hetero) is 1. The number of urea groups is 1. The molecule has 158 valence electrons.